The zero-order valence-electron chi connectivity index (χ0n) is 14.7. The van der Waals surface area contributed by atoms with Gasteiger partial charge in [0.25, 0.3) is 0 Å². The number of urea groups is 1. The van der Waals surface area contributed by atoms with Crippen molar-refractivity contribution in [1.82, 2.24) is 5.32 Å². The van der Waals surface area contributed by atoms with Crippen LogP contribution in [0.5, 0.6) is 5.75 Å². The van der Waals surface area contributed by atoms with Gasteiger partial charge in [0.05, 0.1) is 18.8 Å². The second kappa shape index (κ2) is 8.23. The number of primary amides is 1. The first kappa shape index (κ1) is 18.3. The van der Waals surface area contributed by atoms with E-state index in [1.165, 1.54) is 26.0 Å². The maximum Gasteiger partial charge on any atom is 0.319 e. The van der Waals surface area contributed by atoms with Crippen molar-refractivity contribution in [2.24, 2.45) is 11.7 Å². The normalized spacial score (nSPS) is 15.4. The van der Waals surface area contributed by atoms with E-state index in [0.29, 0.717) is 22.9 Å². The number of ether oxygens (including phenoxy) is 1. The molecule has 138 valence electrons. The van der Waals surface area contributed by atoms with Crippen LogP contribution in [0.25, 0.3) is 0 Å². The number of rotatable bonds is 6. The highest BCUT2D eigenvalue weighted by Crippen LogP contribution is 2.37. The van der Waals surface area contributed by atoms with E-state index < -0.39 is 5.91 Å². The molecule has 0 aliphatic heterocycles. The third-order valence-electron chi connectivity index (χ3n) is 4.74. The van der Waals surface area contributed by atoms with Gasteiger partial charge in [0, 0.05) is 10.4 Å². The van der Waals surface area contributed by atoms with Gasteiger partial charge in [-0.3, -0.25) is 4.79 Å². The van der Waals surface area contributed by atoms with Crippen LogP contribution >= 0.6 is 11.3 Å². The molecule has 1 fully saturated rings. The average Bonchev–Trinajstić information content (AvgIpc) is 3.33. The van der Waals surface area contributed by atoms with Crippen molar-refractivity contribution in [3.8, 4) is 5.75 Å². The molecule has 1 aromatic carbocycles. The van der Waals surface area contributed by atoms with Gasteiger partial charge in [0.15, 0.2) is 0 Å². The van der Waals surface area contributed by atoms with Gasteiger partial charge >= 0.3 is 6.03 Å². The first-order chi connectivity index (χ1) is 12.6. The van der Waals surface area contributed by atoms with Crippen LogP contribution in [-0.4, -0.2) is 19.0 Å². The summed E-state index contributed by atoms with van der Waals surface area (Å²) in [6, 6.07) is 8.43. The van der Waals surface area contributed by atoms with Crippen molar-refractivity contribution in [2.75, 3.05) is 12.4 Å². The Morgan fingerprint density at radius 1 is 1.27 bits per heavy atom. The minimum absolute atomic E-state index is 0.0113. The fourth-order valence-electron chi connectivity index (χ4n) is 3.44. The lowest BCUT2D eigenvalue weighted by Gasteiger charge is -2.24. The minimum Gasteiger partial charge on any atom is -0.495 e. The molecule has 1 saturated carbocycles. The molecule has 7 heteroatoms. The lowest BCUT2D eigenvalue weighted by Crippen LogP contribution is -2.35. The molecule has 2 aromatic rings. The van der Waals surface area contributed by atoms with Crippen LogP contribution in [0.3, 0.4) is 0 Å². The summed E-state index contributed by atoms with van der Waals surface area (Å²) >= 11 is 1.65. The van der Waals surface area contributed by atoms with E-state index in [4.69, 9.17) is 10.5 Å². The monoisotopic (exact) mass is 373 g/mol. The third-order valence-corrected chi connectivity index (χ3v) is 5.70. The fourth-order valence-corrected chi connectivity index (χ4v) is 4.31. The molecule has 0 bridgehead atoms. The molecule has 1 aromatic heterocycles. The van der Waals surface area contributed by atoms with Crippen LogP contribution in [0.1, 0.15) is 47.0 Å². The maximum absolute atomic E-state index is 12.6. The number of nitrogens with one attached hydrogen (secondary N) is 2. The van der Waals surface area contributed by atoms with E-state index >= 15 is 0 Å². The van der Waals surface area contributed by atoms with Crippen molar-refractivity contribution in [2.45, 2.75) is 31.7 Å². The summed E-state index contributed by atoms with van der Waals surface area (Å²) in [6.07, 6.45) is 4.63. The van der Waals surface area contributed by atoms with Gasteiger partial charge in [-0.1, -0.05) is 18.9 Å². The Morgan fingerprint density at radius 3 is 2.65 bits per heavy atom. The van der Waals surface area contributed by atoms with Crippen molar-refractivity contribution >= 4 is 29.0 Å². The molecule has 0 unspecified atom stereocenters. The Hall–Kier alpha value is -2.54. The maximum atomic E-state index is 12.6. The number of carbonyl (C=O) groups excluding carboxylic acids is 2. The van der Waals surface area contributed by atoms with E-state index in [2.05, 4.69) is 16.7 Å². The van der Waals surface area contributed by atoms with Crippen LogP contribution in [-0.2, 0) is 0 Å². The lowest BCUT2D eigenvalue weighted by molar-refractivity contribution is 0.1000. The number of carbonyl (C=O) groups is 2. The van der Waals surface area contributed by atoms with E-state index in [1.54, 1.807) is 23.5 Å². The molecule has 26 heavy (non-hydrogen) atoms. The zero-order valence-corrected chi connectivity index (χ0v) is 15.5. The summed E-state index contributed by atoms with van der Waals surface area (Å²) in [7, 11) is 1.51. The number of hydrogen-bond donors (Lipinski definition) is 3. The van der Waals surface area contributed by atoms with Crippen LogP contribution < -0.4 is 21.1 Å². The highest BCUT2D eigenvalue weighted by Gasteiger charge is 2.28. The second-order valence-electron chi connectivity index (χ2n) is 6.42. The molecule has 3 amide bonds. The lowest BCUT2D eigenvalue weighted by atomic mass is 9.97. The second-order valence-corrected chi connectivity index (χ2v) is 7.39. The number of benzene rings is 1. The highest BCUT2D eigenvalue weighted by atomic mass is 32.1. The molecule has 4 N–H and O–H groups in total. The first-order valence-electron chi connectivity index (χ1n) is 8.67. The average molecular weight is 373 g/mol. The molecular weight excluding hydrogens is 350 g/mol. The minimum atomic E-state index is -0.557. The van der Waals surface area contributed by atoms with Crippen molar-refractivity contribution in [3.63, 3.8) is 0 Å². The quantitative estimate of drug-likeness (QED) is 0.717. The standard InChI is InChI=1S/C19H23N3O3S/c1-25-15-9-8-13(18(20)23)11-14(15)21-19(24)22-17(12-5-2-3-6-12)16-7-4-10-26-16/h4,7-12,17H,2-3,5-6H2,1H3,(H2,20,23)(H2,21,22,24)/t17-/m0/s1. The Bertz CT molecular complexity index is 770. The molecule has 0 spiro atoms. The fraction of sp³-hybridized carbons (Fsp3) is 0.368. The van der Waals surface area contributed by atoms with Gasteiger partial charge in [-0.25, -0.2) is 4.79 Å². The van der Waals surface area contributed by atoms with E-state index in [1.807, 2.05) is 11.4 Å². The number of thiophene rings is 1. The van der Waals surface area contributed by atoms with Gasteiger partial charge in [-0.15, -0.1) is 11.3 Å². The van der Waals surface area contributed by atoms with E-state index in [0.717, 1.165) is 17.7 Å². The summed E-state index contributed by atoms with van der Waals surface area (Å²) in [4.78, 5) is 25.2. The van der Waals surface area contributed by atoms with Crippen molar-refractivity contribution in [3.05, 3.63) is 46.2 Å². The molecule has 6 nitrogen and oxygen atoms in total. The van der Waals surface area contributed by atoms with Crippen LogP contribution in [0.2, 0.25) is 0 Å². The van der Waals surface area contributed by atoms with Gasteiger partial charge < -0.3 is 21.1 Å². The summed E-state index contributed by atoms with van der Waals surface area (Å²) in [5, 5.41) is 7.92. The number of hydrogen-bond acceptors (Lipinski definition) is 4. The molecule has 1 atom stereocenters. The predicted molar refractivity (Wildman–Crippen MR) is 103 cm³/mol. The zero-order chi connectivity index (χ0) is 18.5. The Balaban J connectivity index is 1.76. The molecule has 1 aliphatic carbocycles. The summed E-state index contributed by atoms with van der Waals surface area (Å²) < 4.78 is 5.27. The van der Waals surface area contributed by atoms with Crippen molar-refractivity contribution < 1.29 is 14.3 Å². The SMILES string of the molecule is COc1ccc(C(N)=O)cc1NC(=O)N[C@H](c1cccs1)C1CCCC1. The molecule has 1 aliphatic rings. The van der Waals surface area contributed by atoms with Crippen LogP contribution in [0.4, 0.5) is 10.5 Å². The van der Waals surface area contributed by atoms with E-state index in [9.17, 15) is 9.59 Å². The van der Waals surface area contributed by atoms with Crippen LogP contribution in [0.15, 0.2) is 35.7 Å². The summed E-state index contributed by atoms with van der Waals surface area (Å²) in [5.41, 5.74) is 6.05. The molecule has 0 radical (unpaired) electrons. The van der Waals surface area contributed by atoms with Gasteiger partial charge in [0.2, 0.25) is 5.91 Å². The van der Waals surface area contributed by atoms with Crippen LogP contribution in [0, 0.1) is 5.92 Å². The number of anilines is 1. The highest BCUT2D eigenvalue weighted by molar-refractivity contribution is 7.10. The molecule has 1 heterocycles. The third kappa shape index (κ3) is 4.16. The van der Waals surface area contributed by atoms with Gasteiger partial charge in [-0.05, 0) is 48.4 Å². The Labute approximate surface area is 156 Å². The van der Waals surface area contributed by atoms with Crippen molar-refractivity contribution in [1.29, 1.82) is 0 Å². The summed E-state index contributed by atoms with van der Waals surface area (Å²) in [5.74, 6) is 0.357. The smallest absolute Gasteiger partial charge is 0.319 e. The Morgan fingerprint density at radius 2 is 2.04 bits per heavy atom. The molecule has 3 rings (SSSR count). The number of methoxy groups -OCH3 is 1. The number of amides is 3. The van der Waals surface area contributed by atoms with Gasteiger partial charge in [-0.2, -0.15) is 0 Å². The topological polar surface area (TPSA) is 93.4 Å². The Kier molecular flexibility index (Phi) is 5.78. The summed E-state index contributed by atoms with van der Waals surface area (Å²) in [6.45, 7) is 0. The number of nitrogens with two attached hydrogens (primary N) is 1. The van der Waals surface area contributed by atoms with E-state index in [-0.39, 0.29) is 12.1 Å². The molecular formula is C19H23N3O3S. The first-order valence-corrected chi connectivity index (χ1v) is 9.55. The molecule has 0 saturated heterocycles. The van der Waals surface area contributed by atoms with Gasteiger partial charge in [0.1, 0.15) is 5.75 Å². The largest absolute Gasteiger partial charge is 0.495 e. The predicted octanol–water partition coefficient (Wildman–Crippen LogP) is 3.91.